The molecule has 1 rings (SSSR count). The second-order valence-electron chi connectivity index (χ2n) is 2.91. The molecule has 1 aliphatic rings. The van der Waals surface area contributed by atoms with Crippen LogP contribution in [-0.2, 0) is 4.79 Å². The van der Waals surface area contributed by atoms with Crippen LogP contribution < -0.4 is 5.32 Å². The highest BCUT2D eigenvalue weighted by molar-refractivity contribution is 5.92. The van der Waals surface area contributed by atoms with Crippen LogP contribution in [0.4, 0.5) is 0 Å². The summed E-state index contributed by atoms with van der Waals surface area (Å²) >= 11 is 0. The van der Waals surface area contributed by atoms with E-state index >= 15 is 0 Å². The van der Waals surface area contributed by atoms with Crippen molar-refractivity contribution in [1.82, 2.24) is 5.32 Å². The van der Waals surface area contributed by atoms with Crippen molar-refractivity contribution in [3.63, 3.8) is 0 Å². The summed E-state index contributed by atoms with van der Waals surface area (Å²) in [6.45, 7) is 5.27. The number of carbonyl (C=O) groups is 1. The molecule has 1 amide bonds. The molecular weight excluding hydrogens is 150 g/mol. The van der Waals surface area contributed by atoms with E-state index in [9.17, 15) is 4.79 Å². The Hall–Kier alpha value is -1.31. The maximum Gasteiger partial charge on any atom is 0.246 e. The maximum absolute atomic E-state index is 11.1. The summed E-state index contributed by atoms with van der Waals surface area (Å²) in [4.78, 5) is 11.1. The standard InChI is InChI=1S/C10H13NO/c1-8(2)10(12)11-9-6-4-3-5-7-9/h3-6,9H,1,7H2,2H3,(H,11,12). The number of hydrogen-bond acceptors (Lipinski definition) is 1. The zero-order valence-electron chi connectivity index (χ0n) is 7.21. The summed E-state index contributed by atoms with van der Waals surface area (Å²) in [5, 5.41) is 2.84. The molecule has 1 atom stereocenters. The van der Waals surface area contributed by atoms with E-state index in [4.69, 9.17) is 0 Å². The molecule has 0 heterocycles. The lowest BCUT2D eigenvalue weighted by atomic mass is 10.1. The van der Waals surface area contributed by atoms with E-state index in [2.05, 4.69) is 11.9 Å². The highest BCUT2D eigenvalue weighted by Crippen LogP contribution is 2.03. The Kier molecular flexibility index (Phi) is 2.86. The summed E-state index contributed by atoms with van der Waals surface area (Å²) in [5.74, 6) is -0.0695. The van der Waals surface area contributed by atoms with Crippen LogP contribution >= 0.6 is 0 Å². The van der Waals surface area contributed by atoms with Gasteiger partial charge in [-0.1, -0.05) is 30.9 Å². The van der Waals surface area contributed by atoms with Crippen molar-refractivity contribution in [1.29, 1.82) is 0 Å². The first kappa shape index (κ1) is 8.78. The van der Waals surface area contributed by atoms with Crippen LogP contribution in [0.3, 0.4) is 0 Å². The van der Waals surface area contributed by atoms with Crippen molar-refractivity contribution in [2.75, 3.05) is 0 Å². The van der Waals surface area contributed by atoms with E-state index in [1.165, 1.54) is 0 Å². The molecule has 0 radical (unpaired) electrons. The van der Waals surface area contributed by atoms with Gasteiger partial charge in [0.05, 0.1) is 6.04 Å². The van der Waals surface area contributed by atoms with E-state index in [-0.39, 0.29) is 11.9 Å². The Morgan fingerprint density at radius 2 is 2.33 bits per heavy atom. The minimum atomic E-state index is -0.0695. The average molecular weight is 163 g/mol. The zero-order valence-corrected chi connectivity index (χ0v) is 7.21. The van der Waals surface area contributed by atoms with Gasteiger partial charge in [-0.15, -0.1) is 0 Å². The first-order chi connectivity index (χ1) is 5.70. The normalized spacial score (nSPS) is 20.6. The second kappa shape index (κ2) is 3.90. The number of hydrogen-bond donors (Lipinski definition) is 1. The zero-order chi connectivity index (χ0) is 8.97. The molecule has 0 aromatic rings. The summed E-state index contributed by atoms with van der Waals surface area (Å²) in [6, 6.07) is 0.138. The van der Waals surface area contributed by atoms with Crippen LogP contribution in [-0.4, -0.2) is 11.9 Å². The van der Waals surface area contributed by atoms with Gasteiger partial charge in [-0.2, -0.15) is 0 Å². The predicted molar refractivity (Wildman–Crippen MR) is 49.6 cm³/mol. The van der Waals surface area contributed by atoms with Gasteiger partial charge in [0.15, 0.2) is 0 Å². The van der Waals surface area contributed by atoms with Crippen LogP contribution in [0.15, 0.2) is 36.5 Å². The molecule has 0 saturated carbocycles. The Morgan fingerprint density at radius 3 is 2.83 bits per heavy atom. The molecule has 64 valence electrons. The Balaban J connectivity index is 2.42. The smallest absolute Gasteiger partial charge is 0.246 e. The lowest BCUT2D eigenvalue weighted by Crippen LogP contribution is -2.33. The third-order valence-corrected chi connectivity index (χ3v) is 1.68. The van der Waals surface area contributed by atoms with Gasteiger partial charge >= 0.3 is 0 Å². The van der Waals surface area contributed by atoms with Crippen molar-refractivity contribution >= 4 is 5.91 Å². The highest BCUT2D eigenvalue weighted by Gasteiger charge is 2.08. The Morgan fingerprint density at radius 1 is 1.58 bits per heavy atom. The van der Waals surface area contributed by atoms with Gasteiger partial charge in [0.1, 0.15) is 0 Å². The monoisotopic (exact) mass is 163 g/mol. The van der Waals surface area contributed by atoms with Gasteiger partial charge in [0.25, 0.3) is 0 Å². The fraction of sp³-hybridized carbons (Fsp3) is 0.300. The van der Waals surface area contributed by atoms with Gasteiger partial charge < -0.3 is 5.32 Å². The van der Waals surface area contributed by atoms with Crippen molar-refractivity contribution in [2.45, 2.75) is 19.4 Å². The van der Waals surface area contributed by atoms with Crippen molar-refractivity contribution in [3.8, 4) is 0 Å². The lowest BCUT2D eigenvalue weighted by molar-refractivity contribution is -0.117. The maximum atomic E-state index is 11.1. The molecule has 0 aromatic heterocycles. The van der Waals surface area contributed by atoms with E-state index in [0.717, 1.165) is 6.42 Å². The number of rotatable bonds is 2. The van der Waals surface area contributed by atoms with Crippen LogP contribution in [0.25, 0.3) is 0 Å². The van der Waals surface area contributed by atoms with Crippen molar-refractivity contribution < 1.29 is 4.79 Å². The van der Waals surface area contributed by atoms with Crippen LogP contribution in [0.5, 0.6) is 0 Å². The molecule has 2 nitrogen and oxygen atoms in total. The molecule has 0 saturated heterocycles. The first-order valence-corrected chi connectivity index (χ1v) is 4.00. The van der Waals surface area contributed by atoms with Gasteiger partial charge in [-0.25, -0.2) is 0 Å². The molecule has 2 heteroatoms. The van der Waals surface area contributed by atoms with Crippen molar-refractivity contribution in [2.24, 2.45) is 0 Å². The highest BCUT2D eigenvalue weighted by atomic mass is 16.1. The fourth-order valence-corrected chi connectivity index (χ4v) is 0.979. The van der Waals surface area contributed by atoms with Crippen molar-refractivity contribution in [3.05, 3.63) is 36.5 Å². The summed E-state index contributed by atoms with van der Waals surface area (Å²) < 4.78 is 0. The molecule has 0 spiro atoms. The van der Waals surface area contributed by atoms with E-state index in [1.807, 2.05) is 24.3 Å². The third-order valence-electron chi connectivity index (χ3n) is 1.68. The number of carbonyl (C=O) groups excluding carboxylic acids is 1. The number of nitrogens with one attached hydrogen (secondary N) is 1. The Bertz CT molecular complexity index is 251. The van der Waals surface area contributed by atoms with Gasteiger partial charge in [-0.3, -0.25) is 4.79 Å². The van der Waals surface area contributed by atoms with Gasteiger partial charge in [0, 0.05) is 5.57 Å². The van der Waals surface area contributed by atoms with Crippen LogP contribution in [0, 0.1) is 0 Å². The quantitative estimate of drug-likeness (QED) is 0.615. The van der Waals surface area contributed by atoms with E-state index in [1.54, 1.807) is 6.92 Å². The number of amides is 1. The molecule has 0 aromatic carbocycles. The molecule has 1 N–H and O–H groups in total. The summed E-state index contributed by atoms with van der Waals surface area (Å²) in [5.41, 5.74) is 0.554. The minimum absolute atomic E-state index is 0.0695. The van der Waals surface area contributed by atoms with Gasteiger partial charge in [-0.05, 0) is 13.3 Å². The molecular formula is C10H13NO. The summed E-state index contributed by atoms with van der Waals surface area (Å²) in [7, 11) is 0. The van der Waals surface area contributed by atoms with Crippen LogP contribution in [0.1, 0.15) is 13.3 Å². The lowest BCUT2D eigenvalue weighted by Gasteiger charge is -2.14. The SMILES string of the molecule is C=C(C)C(=O)NC1C=CC=CC1. The van der Waals surface area contributed by atoms with Crippen LogP contribution in [0.2, 0.25) is 0 Å². The summed E-state index contributed by atoms with van der Waals surface area (Å²) in [6.07, 6.45) is 8.79. The predicted octanol–water partition coefficient (Wildman–Crippen LogP) is 1.56. The molecule has 0 fully saturated rings. The van der Waals surface area contributed by atoms with E-state index in [0.29, 0.717) is 5.57 Å². The number of allylic oxidation sites excluding steroid dienone is 2. The third kappa shape index (κ3) is 2.38. The van der Waals surface area contributed by atoms with Gasteiger partial charge in [0.2, 0.25) is 5.91 Å². The topological polar surface area (TPSA) is 29.1 Å². The largest absolute Gasteiger partial charge is 0.346 e. The second-order valence-corrected chi connectivity index (χ2v) is 2.91. The molecule has 1 unspecified atom stereocenters. The average Bonchev–Trinajstić information content (AvgIpc) is 2.06. The first-order valence-electron chi connectivity index (χ1n) is 4.00. The molecule has 0 aliphatic heterocycles. The Labute approximate surface area is 72.7 Å². The molecule has 0 bridgehead atoms. The minimum Gasteiger partial charge on any atom is -0.346 e. The fourth-order valence-electron chi connectivity index (χ4n) is 0.979. The molecule has 12 heavy (non-hydrogen) atoms. The van der Waals surface area contributed by atoms with E-state index < -0.39 is 0 Å². The molecule has 1 aliphatic carbocycles.